The molecule has 3 heteroatoms. The van der Waals surface area contributed by atoms with Crippen LogP contribution in [-0.2, 0) is 4.79 Å². The second-order valence-corrected chi connectivity index (χ2v) is 7.72. The molecule has 2 aliphatic carbocycles. The fourth-order valence-corrected chi connectivity index (χ4v) is 4.24. The van der Waals surface area contributed by atoms with Crippen LogP contribution in [0.15, 0.2) is 12.2 Å². The Kier molecular flexibility index (Phi) is 4.90. The van der Waals surface area contributed by atoms with Gasteiger partial charge in [0.25, 0.3) is 0 Å². The third-order valence-corrected chi connectivity index (χ3v) is 4.71. The Hall–Kier alpha value is -0.830. The Balaban J connectivity index is 1.78. The zero-order valence-corrected chi connectivity index (χ0v) is 13.1. The summed E-state index contributed by atoms with van der Waals surface area (Å²) in [5.41, 5.74) is 0.373. The molecule has 0 saturated heterocycles. The van der Waals surface area contributed by atoms with Crippen molar-refractivity contribution in [3.05, 3.63) is 12.2 Å². The quantitative estimate of drug-likeness (QED) is 0.777. The maximum atomic E-state index is 12.2. The highest BCUT2D eigenvalue weighted by Gasteiger charge is 2.33. The molecule has 0 aliphatic heterocycles. The van der Waals surface area contributed by atoms with Crippen LogP contribution in [0, 0.1) is 23.2 Å². The third kappa shape index (κ3) is 4.34. The predicted octanol–water partition coefficient (Wildman–Crippen LogP) is 2.89. The van der Waals surface area contributed by atoms with Gasteiger partial charge in [0, 0.05) is 25.0 Å². The van der Waals surface area contributed by atoms with Gasteiger partial charge in [0.15, 0.2) is 0 Å². The van der Waals surface area contributed by atoms with Crippen molar-refractivity contribution in [2.75, 3.05) is 6.61 Å². The van der Waals surface area contributed by atoms with E-state index in [0.717, 1.165) is 18.8 Å². The van der Waals surface area contributed by atoms with Crippen molar-refractivity contribution < 1.29 is 9.90 Å². The summed E-state index contributed by atoms with van der Waals surface area (Å²) in [6, 6.07) is 0.119. The number of hydrogen-bond acceptors (Lipinski definition) is 2. The Morgan fingerprint density at radius 1 is 1.30 bits per heavy atom. The van der Waals surface area contributed by atoms with Gasteiger partial charge in [-0.15, -0.1) is 0 Å². The number of amides is 1. The van der Waals surface area contributed by atoms with E-state index < -0.39 is 0 Å². The SMILES string of the molecule is CC1CC(CC(=O)N[C@@H]2C=C[C@H](CO)C2)CC(C)(C)C1. The van der Waals surface area contributed by atoms with Gasteiger partial charge in [-0.05, 0) is 42.9 Å². The van der Waals surface area contributed by atoms with Gasteiger partial charge < -0.3 is 10.4 Å². The topological polar surface area (TPSA) is 49.3 Å². The normalized spacial score (nSPS) is 36.0. The molecule has 1 fully saturated rings. The van der Waals surface area contributed by atoms with Crippen LogP contribution in [0.5, 0.6) is 0 Å². The average Bonchev–Trinajstić information content (AvgIpc) is 2.73. The molecule has 114 valence electrons. The van der Waals surface area contributed by atoms with Crippen LogP contribution in [-0.4, -0.2) is 23.7 Å². The van der Waals surface area contributed by atoms with Gasteiger partial charge in [0.2, 0.25) is 5.91 Å². The lowest BCUT2D eigenvalue weighted by Crippen LogP contribution is -2.36. The summed E-state index contributed by atoms with van der Waals surface area (Å²) in [6.45, 7) is 7.12. The van der Waals surface area contributed by atoms with Crippen molar-refractivity contribution in [2.45, 2.75) is 58.9 Å². The van der Waals surface area contributed by atoms with E-state index in [1.54, 1.807) is 0 Å². The molecule has 2 N–H and O–H groups in total. The highest BCUT2D eigenvalue weighted by molar-refractivity contribution is 5.76. The summed E-state index contributed by atoms with van der Waals surface area (Å²) in [7, 11) is 0. The highest BCUT2D eigenvalue weighted by atomic mass is 16.3. The lowest BCUT2D eigenvalue weighted by molar-refractivity contribution is -0.123. The van der Waals surface area contributed by atoms with Gasteiger partial charge in [0.05, 0.1) is 0 Å². The van der Waals surface area contributed by atoms with E-state index in [0.29, 0.717) is 17.8 Å². The van der Waals surface area contributed by atoms with Gasteiger partial charge in [-0.2, -0.15) is 0 Å². The number of hydrogen-bond donors (Lipinski definition) is 2. The molecular weight excluding hydrogens is 250 g/mol. The molecule has 4 atom stereocenters. The van der Waals surface area contributed by atoms with Crippen molar-refractivity contribution in [1.29, 1.82) is 0 Å². The van der Waals surface area contributed by atoms with Crippen molar-refractivity contribution >= 4 is 5.91 Å². The molecule has 0 aromatic rings. The molecule has 2 unspecified atom stereocenters. The van der Waals surface area contributed by atoms with Crippen molar-refractivity contribution in [3.63, 3.8) is 0 Å². The van der Waals surface area contributed by atoms with Gasteiger partial charge >= 0.3 is 0 Å². The molecule has 0 bridgehead atoms. The minimum absolute atomic E-state index is 0.119. The molecular formula is C17H29NO2. The number of nitrogens with one attached hydrogen (secondary N) is 1. The standard InChI is InChI=1S/C17H29NO2/c1-12-6-14(10-17(2,3)9-12)8-16(20)18-15-5-4-13(7-15)11-19/h4-5,12-15,19H,6-11H2,1-3H3,(H,18,20)/t12?,13-,14?,15+/m0/s1. The van der Waals surface area contributed by atoms with Gasteiger partial charge in [0.1, 0.15) is 0 Å². The van der Waals surface area contributed by atoms with Crippen LogP contribution >= 0.6 is 0 Å². The second-order valence-electron chi connectivity index (χ2n) is 7.72. The van der Waals surface area contributed by atoms with E-state index in [1.165, 1.54) is 12.8 Å². The van der Waals surface area contributed by atoms with Crippen molar-refractivity contribution in [2.24, 2.45) is 23.2 Å². The van der Waals surface area contributed by atoms with Crippen LogP contribution in [0.1, 0.15) is 52.9 Å². The first kappa shape index (κ1) is 15.6. The van der Waals surface area contributed by atoms with Crippen molar-refractivity contribution in [3.8, 4) is 0 Å². The van der Waals surface area contributed by atoms with E-state index in [2.05, 4.69) is 26.1 Å². The van der Waals surface area contributed by atoms with Crippen LogP contribution in [0.3, 0.4) is 0 Å². The Labute approximate surface area is 122 Å². The minimum atomic E-state index is 0.119. The van der Waals surface area contributed by atoms with Gasteiger partial charge in [-0.1, -0.05) is 32.9 Å². The zero-order valence-electron chi connectivity index (χ0n) is 13.1. The number of aliphatic hydroxyl groups is 1. The summed E-state index contributed by atoms with van der Waals surface area (Å²) >= 11 is 0. The first-order valence-corrected chi connectivity index (χ1v) is 7.96. The maximum absolute atomic E-state index is 12.2. The van der Waals surface area contributed by atoms with E-state index in [-0.39, 0.29) is 24.5 Å². The molecule has 0 aromatic carbocycles. The summed E-state index contributed by atoms with van der Waals surface area (Å²) in [4.78, 5) is 12.2. The summed E-state index contributed by atoms with van der Waals surface area (Å²) < 4.78 is 0. The first-order chi connectivity index (χ1) is 9.38. The highest BCUT2D eigenvalue weighted by Crippen LogP contribution is 2.42. The number of rotatable bonds is 4. The first-order valence-electron chi connectivity index (χ1n) is 7.96. The molecule has 0 heterocycles. The summed E-state index contributed by atoms with van der Waals surface area (Å²) in [6.07, 6.45) is 9.13. The Bertz CT molecular complexity index is 375. The fraction of sp³-hybridized carbons (Fsp3) is 0.824. The molecule has 20 heavy (non-hydrogen) atoms. The maximum Gasteiger partial charge on any atom is 0.220 e. The molecule has 2 rings (SSSR count). The molecule has 1 amide bonds. The average molecular weight is 279 g/mol. The second kappa shape index (κ2) is 6.30. The number of aliphatic hydroxyl groups excluding tert-OH is 1. The molecule has 2 aliphatic rings. The van der Waals surface area contributed by atoms with Crippen LogP contribution in [0.4, 0.5) is 0 Å². The smallest absolute Gasteiger partial charge is 0.220 e. The van der Waals surface area contributed by atoms with Crippen LogP contribution in [0.25, 0.3) is 0 Å². The van der Waals surface area contributed by atoms with Gasteiger partial charge in [-0.25, -0.2) is 0 Å². The van der Waals surface area contributed by atoms with Gasteiger partial charge in [-0.3, -0.25) is 4.79 Å². The van der Waals surface area contributed by atoms with E-state index in [9.17, 15) is 4.79 Å². The third-order valence-electron chi connectivity index (χ3n) is 4.71. The van der Waals surface area contributed by atoms with E-state index in [4.69, 9.17) is 5.11 Å². The zero-order chi connectivity index (χ0) is 14.8. The van der Waals surface area contributed by atoms with Crippen LogP contribution < -0.4 is 5.32 Å². The Morgan fingerprint density at radius 2 is 2.05 bits per heavy atom. The molecule has 0 aromatic heterocycles. The fourth-order valence-electron chi connectivity index (χ4n) is 4.24. The number of carbonyl (C=O) groups excluding carboxylic acids is 1. The Morgan fingerprint density at radius 3 is 2.65 bits per heavy atom. The molecule has 3 nitrogen and oxygen atoms in total. The minimum Gasteiger partial charge on any atom is -0.396 e. The monoisotopic (exact) mass is 279 g/mol. The molecule has 1 saturated carbocycles. The summed E-state index contributed by atoms with van der Waals surface area (Å²) in [5, 5.41) is 12.2. The van der Waals surface area contributed by atoms with Crippen molar-refractivity contribution in [1.82, 2.24) is 5.32 Å². The van der Waals surface area contributed by atoms with E-state index >= 15 is 0 Å². The molecule has 0 spiro atoms. The lowest BCUT2D eigenvalue weighted by Gasteiger charge is -2.38. The summed E-state index contributed by atoms with van der Waals surface area (Å²) in [5.74, 6) is 1.64. The number of carbonyl (C=O) groups is 1. The predicted molar refractivity (Wildman–Crippen MR) is 81.2 cm³/mol. The lowest BCUT2D eigenvalue weighted by atomic mass is 9.67. The largest absolute Gasteiger partial charge is 0.396 e. The van der Waals surface area contributed by atoms with Crippen LogP contribution in [0.2, 0.25) is 0 Å². The molecule has 0 radical (unpaired) electrons. The van der Waals surface area contributed by atoms with E-state index in [1.807, 2.05) is 12.2 Å².